The minimum atomic E-state index is 0.660. The molecule has 0 spiro atoms. The lowest BCUT2D eigenvalue weighted by atomic mass is 10.2. The molecule has 0 atom stereocenters. The average molecular weight is 212 g/mol. The van der Waals surface area contributed by atoms with E-state index in [9.17, 15) is 0 Å². The molecule has 0 amide bonds. The minimum absolute atomic E-state index is 0.660. The zero-order valence-corrected chi connectivity index (χ0v) is 9.83. The van der Waals surface area contributed by atoms with Gasteiger partial charge in [0.2, 0.25) is 0 Å². The van der Waals surface area contributed by atoms with Crippen molar-refractivity contribution in [3.8, 4) is 0 Å². The Balaban J connectivity index is 2.71. The van der Waals surface area contributed by atoms with Crippen LogP contribution >= 0.6 is 12.2 Å². The van der Waals surface area contributed by atoms with Crippen LogP contribution in [-0.4, -0.2) is 21.9 Å². The maximum atomic E-state index is 5.00. The second-order valence-corrected chi connectivity index (χ2v) is 3.61. The first kappa shape index (κ1) is 11.0. The molecule has 4 nitrogen and oxygen atoms in total. The van der Waals surface area contributed by atoms with Gasteiger partial charge in [-0.25, -0.2) is 0 Å². The van der Waals surface area contributed by atoms with Crippen molar-refractivity contribution in [1.82, 2.24) is 20.4 Å². The van der Waals surface area contributed by atoms with E-state index in [2.05, 4.69) is 22.7 Å². The van der Waals surface area contributed by atoms with Crippen LogP contribution in [0.2, 0.25) is 0 Å². The van der Waals surface area contributed by atoms with Crippen LogP contribution in [0.1, 0.15) is 17.0 Å². The Labute approximate surface area is 89.7 Å². The molecule has 0 fully saturated rings. The summed E-state index contributed by atoms with van der Waals surface area (Å²) in [5.74, 6) is 0. The van der Waals surface area contributed by atoms with Crippen molar-refractivity contribution in [1.29, 1.82) is 0 Å². The lowest BCUT2D eigenvalue weighted by molar-refractivity contribution is 0.729. The van der Waals surface area contributed by atoms with E-state index in [1.54, 1.807) is 7.05 Å². The highest BCUT2D eigenvalue weighted by Crippen LogP contribution is 2.10. The number of nitrogens with one attached hydrogen (secondary N) is 2. The van der Waals surface area contributed by atoms with Gasteiger partial charge in [0.1, 0.15) is 0 Å². The van der Waals surface area contributed by atoms with Crippen molar-refractivity contribution >= 4 is 17.3 Å². The Morgan fingerprint density at radius 3 is 2.57 bits per heavy atom. The molecule has 1 aromatic heterocycles. The van der Waals surface area contributed by atoms with Gasteiger partial charge in [0, 0.05) is 31.9 Å². The summed E-state index contributed by atoms with van der Waals surface area (Å²) >= 11 is 5.00. The van der Waals surface area contributed by atoms with Gasteiger partial charge in [-0.3, -0.25) is 4.68 Å². The molecule has 0 aliphatic carbocycles. The van der Waals surface area contributed by atoms with Gasteiger partial charge in [-0.2, -0.15) is 5.10 Å². The van der Waals surface area contributed by atoms with Crippen LogP contribution in [0, 0.1) is 13.8 Å². The Bertz CT molecular complexity index is 343. The lowest BCUT2D eigenvalue weighted by Crippen LogP contribution is -2.32. The van der Waals surface area contributed by atoms with Gasteiger partial charge in [0.15, 0.2) is 5.11 Å². The monoisotopic (exact) mass is 212 g/mol. The zero-order valence-electron chi connectivity index (χ0n) is 9.01. The average Bonchev–Trinajstić information content (AvgIpc) is 2.39. The summed E-state index contributed by atoms with van der Waals surface area (Å²) in [6, 6.07) is 0. The molecule has 0 unspecified atom stereocenters. The highest BCUT2D eigenvalue weighted by atomic mass is 32.1. The standard InChI is InChI=1S/C9H16N4S/c1-6-8(5-11-9(14)10-3)7(2)13(4)12-6/h5H2,1-4H3,(H2,10,11,14). The lowest BCUT2D eigenvalue weighted by Gasteiger charge is -2.06. The number of nitrogens with zero attached hydrogens (tertiary/aromatic N) is 2. The van der Waals surface area contributed by atoms with Crippen LogP contribution in [-0.2, 0) is 13.6 Å². The molecule has 0 bridgehead atoms. The molecular formula is C9H16N4S. The summed E-state index contributed by atoms with van der Waals surface area (Å²) in [6.07, 6.45) is 0. The molecular weight excluding hydrogens is 196 g/mol. The van der Waals surface area contributed by atoms with Gasteiger partial charge < -0.3 is 10.6 Å². The number of thiocarbonyl (C=S) groups is 1. The SMILES string of the molecule is CNC(=S)NCc1c(C)nn(C)c1C. The molecule has 78 valence electrons. The van der Waals surface area contributed by atoms with Gasteiger partial charge in [-0.15, -0.1) is 0 Å². The fourth-order valence-electron chi connectivity index (χ4n) is 1.33. The zero-order chi connectivity index (χ0) is 10.7. The summed E-state index contributed by atoms with van der Waals surface area (Å²) in [5.41, 5.74) is 3.44. The Morgan fingerprint density at radius 1 is 1.50 bits per heavy atom. The molecule has 1 aromatic rings. The molecule has 1 heterocycles. The molecule has 2 N–H and O–H groups in total. The van der Waals surface area contributed by atoms with Crippen LogP contribution in [0.3, 0.4) is 0 Å². The van der Waals surface area contributed by atoms with Crippen LogP contribution < -0.4 is 10.6 Å². The van der Waals surface area contributed by atoms with Crippen molar-refractivity contribution in [2.45, 2.75) is 20.4 Å². The van der Waals surface area contributed by atoms with E-state index in [1.807, 2.05) is 18.7 Å². The maximum absolute atomic E-state index is 5.00. The van der Waals surface area contributed by atoms with Gasteiger partial charge in [-0.05, 0) is 26.1 Å². The first-order valence-electron chi connectivity index (χ1n) is 4.51. The largest absolute Gasteiger partial charge is 0.366 e. The summed E-state index contributed by atoms with van der Waals surface area (Å²) in [7, 11) is 3.75. The fraction of sp³-hybridized carbons (Fsp3) is 0.556. The maximum Gasteiger partial charge on any atom is 0.166 e. The molecule has 0 aliphatic rings. The van der Waals surface area contributed by atoms with E-state index in [0.29, 0.717) is 5.11 Å². The number of hydrogen-bond acceptors (Lipinski definition) is 2. The molecule has 5 heteroatoms. The van der Waals surface area contributed by atoms with Crippen molar-refractivity contribution in [3.05, 3.63) is 17.0 Å². The van der Waals surface area contributed by atoms with Gasteiger partial charge >= 0.3 is 0 Å². The van der Waals surface area contributed by atoms with E-state index >= 15 is 0 Å². The van der Waals surface area contributed by atoms with E-state index in [4.69, 9.17) is 12.2 Å². The van der Waals surface area contributed by atoms with Crippen LogP contribution in [0.4, 0.5) is 0 Å². The van der Waals surface area contributed by atoms with Crippen molar-refractivity contribution in [2.24, 2.45) is 7.05 Å². The van der Waals surface area contributed by atoms with Gasteiger partial charge in [0.25, 0.3) is 0 Å². The number of aromatic nitrogens is 2. The second kappa shape index (κ2) is 4.41. The second-order valence-electron chi connectivity index (χ2n) is 3.21. The third-order valence-electron chi connectivity index (χ3n) is 2.31. The third kappa shape index (κ3) is 2.23. The predicted octanol–water partition coefficient (Wildman–Crippen LogP) is 0.631. The fourth-order valence-corrected chi connectivity index (χ4v) is 1.40. The summed E-state index contributed by atoms with van der Waals surface area (Å²) in [4.78, 5) is 0. The van der Waals surface area contributed by atoms with E-state index in [-0.39, 0.29) is 0 Å². The summed E-state index contributed by atoms with van der Waals surface area (Å²) in [5, 5.41) is 11.0. The topological polar surface area (TPSA) is 41.9 Å². The van der Waals surface area contributed by atoms with Gasteiger partial charge in [-0.1, -0.05) is 0 Å². The molecule has 0 saturated carbocycles. The Kier molecular flexibility index (Phi) is 3.46. The number of hydrogen-bond donors (Lipinski definition) is 2. The normalized spacial score (nSPS) is 10.0. The summed E-state index contributed by atoms with van der Waals surface area (Å²) in [6.45, 7) is 4.79. The number of rotatable bonds is 2. The molecule has 0 aliphatic heterocycles. The van der Waals surface area contributed by atoms with Gasteiger partial charge in [0.05, 0.1) is 5.69 Å². The molecule has 0 saturated heterocycles. The highest BCUT2D eigenvalue weighted by molar-refractivity contribution is 7.80. The van der Waals surface area contributed by atoms with E-state index < -0.39 is 0 Å². The van der Waals surface area contributed by atoms with E-state index in [1.165, 1.54) is 11.3 Å². The first-order valence-corrected chi connectivity index (χ1v) is 4.91. The Hall–Kier alpha value is -1.10. The first-order chi connectivity index (χ1) is 6.56. The van der Waals surface area contributed by atoms with Crippen LogP contribution in [0.25, 0.3) is 0 Å². The Morgan fingerprint density at radius 2 is 2.14 bits per heavy atom. The number of aryl methyl sites for hydroxylation is 2. The van der Waals surface area contributed by atoms with Crippen molar-refractivity contribution in [2.75, 3.05) is 7.05 Å². The molecule has 0 aromatic carbocycles. The smallest absolute Gasteiger partial charge is 0.166 e. The third-order valence-corrected chi connectivity index (χ3v) is 2.66. The predicted molar refractivity (Wildman–Crippen MR) is 61.2 cm³/mol. The van der Waals surface area contributed by atoms with Crippen molar-refractivity contribution < 1.29 is 0 Å². The minimum Gasteiger partial charge on any atom is -0.366 e. The summed E-state index contributed by atoms with van der Waals surface area (Å²) < 4.78 is 1.88. The van der Waals surface area contributed by atoms with Crippen molar-refractivity contribution in [3.63, 3.8) is 0 Å². The quantitative estimate of drug-likeness (QED) is 0.706. The van der Waals surface area contributed by atoms with Crippen LogP contribution in [0.15, 0.2) is 0 Å². The molecule has 14 heavy (non-hydrogen) atoms. The van der Waals surface area contributed by atoms with E-state index in [0.717, 1.165) is 12.2 Å². The highest BCUT2D eigenvalue weighted by Gasteiger charge is 2.08. The van der Waals surface area contributed by atoms with Crippen LogP contribution in [0.5, 0.6) is 0 Å². The molecule has 0 radical (unpaired) electrons. The molecule has 1 rings (SSSR count).